The minimum atomic E-state index is -0.212. The lowest BCUT2D eigenvalue weighted by Crippen LogP contribution is -2.50. The van der Waals surface area contributed by atoms with Gasteiger partial charge in [-0.25, -0.2) is 0 Å². The summed E-state index contributed by atoms with van der Waals surface area (Å²) in [5.74, 6) is 4.84. The first-order chi connectivity index (χ1) is 23.7. The second-order valence-corrected chi connectivity index (χ2v) is 18.8. The average Bonchev–Trinajstić information content (AvgIpc) is 3.40. The quantitative estimate of drug-likeness (QED) is 0.0750. The van der Waals surface area contributed by atoms with Crippen LogP contribution in [-0.2, 0) is 14.3 Å². The molecule has 0 aromatic carbocycles. The lowest BCUT2D eigenvalue weighted by Gasteiger charge is -2.58. The molecule has 3 saturated carbocycles. The van der Waals surface area contributed by atoms with Crippen molar-refractivity contribution in [1.82, 2.24) is 4.90 Å². The molecule has 0 heterocycles. The van der Waals surface area contributed by atoms with Gasteiger partial charge in [0, 0.05) is 38.0 Å². The van der Waals surface area contributed by atoms with Gasteiger partial charge >= 0.3 is 5.97 Å². The minimum Gasteiger partial charge on any atom is -0.462 e. The zero-order valence-electron chi connectivity index (χ0n) is 33.7. The molecule has 4 aliphatic carbocycles. The van der Waals surface area contributed by atoms with Gasteiger partial charge in [0.15, 0.2) is 0 Å². The molecule has 1 amide bonds. The normalized spacial score (nSPS) is 32.4. The highest BCUT2D eigenvalue weighted by molar-refractivity contribution is 5.81. The van der Waals surface area contributed by atoms with Crippen LogP contribution in [0.1, 0.15) is 177 Å². The Hall–Kier alpha value is -1.40. The van der Waals surface area contributed by atoms with Crippen LogP contribution in [0.5, 0.6) is 0 Å². The lowest BCUT2D eigenvalue weighted by molar-refractivity contribution is -0.153. The summed E-state index contributed by atoms with van der Waals surface area (Å²) in [4.78, 5) is 28.2. The third kappa shape index (κ3) is 10.8. The molecule has 0 aromatic heterocycles. The van der Waals surface area contributed by atoms with Gasteiger partial charge in [-0.3, -0.25) is 9.59 Å². The van der Waals surface area contributed by atoms with Crippen LogP contribution in [0.2, 0.25) is 0 Å². The maximum Gasteiger partial charge on any atom is 0.306 e. The van der Waals surface area contributed by atoms with Crippen LogP contribution >= 0.6 is 0 Å². The van der Waals surface area contributed by atoms with Crippen molar-refractivity contribution in [1.29, 1.82) is 0 Å². The summed E-state index contributed by atoms with van der Waals surface area (Å²) >= 11 is 0. The summed E-state index contributed by atoms with van der Waals surface area (Å²) in [6.45, 7) is 17.9. The van der Waals surface area contributed by atoms with Crippen LogP contribution in [0.15, 0.2) is 11.6 Å². The van der Waals surface area contributed by atoms with Crippen molar-refractivity contribution in [3.8, 4) is 0 Å². The summed E-state index contributed by atoms with van der Waals surface area (Å²) in [5.41, 5.74) is 14.2. The zero-order valence-corrected chi connectivity index (χ0v) is 33.7. The minimum absolute atomic E-state index is 0.0523. The Labute approximate surface area is 308 Å². The Morgan fingerprint density at radius 2 is 1.54 bits per heavy atom. The van der Waals surface area contributed by atoms with Crippen molar-refractivity contribution in [2.75, 3.05) is 13.1 Å². The smallest absolute Gasteiger partial charge is 0.306 e. The fourth-order valence-electron chi connectivity index (χ4n) is 11.0. The fraction of sp³-hybridized carbons (Fsp3) is 0.909. The highest BCUT2D eigenvalue weighted by atomic mass is 16.5. The molecule has 6 heteroatoms. The highest BCUT2D eigenvalue weighted by Gasteiger charge is 2.58. The van der Waals surface area contributed by atoms with Crippen LogP contribution in [0.3, 0.4) is 0 Å². The summed E-state index contributed by atoms with van der Waals surface area (Å²) < 4.78 is 6.09. The molecule has 6 nitrogen and oxygen atoms in total. The van der Waals surface area contributed by atoms with E-state index in [9.17, 15) is 9.59 Å². The van der Waals surface area contributed by atoms with Gasteiger partial charge < -0.3 is 21.1 Å². The molecular formula is C44H79N3O3. The van der Waals surface area contributed by atoms with Crippen molar-refractivity contribution in [2.24, 2.45) is 57.8 Å². The van der Waals surface area contributed by atoms with E-state index < -0.39 is 0 Å². The van der Waals surface area contributed by atoms with Gasteiger partial charge in [-0.1, -0.05) is 84.8 Å². The van der Waals surface area contributed by atoms with E-state index in [1.54, 1.807) is 5.57 Å². The number of hydrogen-bond donors (Lipinski definition) is 2. The number of allylic oxidation sites excluding steroid dienone is 1. The number of fused-ring (bicyclic) bond motifs is 5. The van der Waals surface area contributed by atoms with E-state index in [1.165, 1.54) is 70.6 Å². The number of esters is 1. The average molecular weight is 698 g/mol. The predicted molar refractivity (Wildman–Crippen MR) is 208 cm³/mol. The van der Waals surface area contributed by atoms with Gasteiger partial charge in [0.25, 0.3) is 0 Å². The van der Waals surface area contributed by atoms with E-state index in [0.29, 0.717) is 12.0 Å². The van der Waals surface area contributed by atoms with Crippen molar-refractivity contribution in [3.05, 3.63) is 11.6 Å². The monoisotopic (exact) mass is 698 g/mol. The first-order valence-corrected chi connectivity index (χ1v) is 21.4. The Morgan fingerprint density at radius 3 is 2.26 bits per heavy atom. The highest BCUT2D eigenvalue weighted by Crippen LogP contribution is 2.66. The topological polar surface area (TPSA) is 98.6 Å². The van der Waals surface area contributed by atoms with Crippen LogP contribution < -0.4 is 11.5 Å². The van der Waals surface area contributed by atoms with E-state index in [1.807, 2.05) is 11.8 Å². The summed E-state index contributed by atoms with van der Waals surface area (Å²) in [7, 11) is 0. The molecule has 0 aliphatic heterocycles. The third-order valence-corrected chi connectivity index (χ3v) is 14.7. The number of ether oxygens (including phenoxy) is 1. The van der Waals surface area contributed by atoms with Gasteiger partial charge in [-0.05, 0) is 131 Å². The van der Waals surface area contributed by atoms with Gasteiger partial charge in [-0.15, -0.1) is 0 Å². The second kappa shape index (κ2) is 19.1. The predicted octanol–water partition coefficient (Wildman–Crippen LogP) is 9.97. The molecule has 3 fully saturated rings. The summed E-state index contributed by atoms with van der Waals surface area (Å²) in [6.07, 6.45) is 24.4. The van der Waals surface area contributed by atoms with E-state index >= 15 is 0 Å². The molecular weight excluding hydrogens is 619 g/mol. The molecule has 4 N–H and O–H groups in total. The van der Waals surface area contributed by atoms with Crippen molar-refractivity contribution >= 4 is 11.9 Å². The Bertz CT molecular complexity index is 1100. The number of unbranched alkanes of at least 4 members (excludes halogenated alkanes) is 4. The molecule has 10 unspecified atom stereocenters. The van der Waals surface area contributed by atoms with E-state index in [0.717, 1.165) is 87.0 Å². The Balaban J connectivity index is 1.23. The van der Waals surface area contributed by atoms with Gasteiger partial charge in [0.2, 0.25) is 5.91 Å². The van der Waals surface area contributed by atoms with Crippen molar-refractivity contribution in [3.63, 3.8) is 0 Å². The molecule has 288 valence electrons. The number of nitrogens with zero attached hydrogens (tertiary/aromatic N) is 1. The zero-order chi connectivity index (χ0) is 36.5. The molecule has 4 aliphatic rings. The van der Waals surface area contributed by atoms with E-state index in [2.05, 4.69) is 47.6 Å². The van der Waals surface area contributed by atoms with E-state index in [4.69, 9.17) is 16.2 Å². The maximum absolute atomic E-state index is 13.2. The molecule has 4 rings (SSSR count). The van der Waals surface area contributed by atoms with Gasteiger partial charge in [-0.2, -0.15) is 0 Å². The summed E-state index contributed by atoms with van der Waals surface area (Å²) in [6, 6.07) is 0.326. The van der Waals surface area contributed by atoms with Crippen LogP contribution in [-0.4, -0.2) is 48.1 Å². The van der Waals surface area contributed by atoms with Crippen molar-refractivity contribution < 1.29 is 14.3 Å². The standard InChI is InChI=1S/C44H79N3O3/c1-31(2)32(3)14-13-16-35-18-20-39-38-19-17-36-30-37(23-26-44(36,7)40(38)24-27-43(35,39)6)50-42(49)22-21-41(48)47(29-25-34(5)46)28-12-10-8-9-11-15-33(4)45/h17,31-35,37-40H,8-16,18-30,45-46H2,1-7H3. The first kappa shape index (κ1) is 41.4. The number of carbonyl (C=O) groups excluding carboxylic acids is 2. The Morgan fingerprint density at radius 1 is 0.820 bits per heavy atom. The number of hydrogen-bond acceptors (Lipinski definition) is 5. The maximum atomic E-state index is 13.2. The van der Waals surface area contributed by atoms with Crippen molar-refractivity contribution in [2.45, 2.75) is 195 Å². The molecule has 10 atom stereocenters. The third-order valence-electron chi connectivity index (χ3n) is 14.7. The number of rotatable bonds is 20. The Kier molecular flexibility index (Phi) is 15.8. The van der Waals surface area contributed by atoms with Gasteiger partial charge in [0.1, 0.15) is 6.10 Å². The number of amides is 1. The molecule has 0 spiro atoms. The van der Waals surface area contributed by atoms with Gasteiger partial charge in [0.05, 0.1) is 6.42 Å². The molecule has 0 saturated heterocycles. The van der Waals surface area contributed by atoms with Crippen LogP contribution in [0.25, 0.3) is 0 Å². The van der Waals surface area contributed by atoms with E-state index in [-0.39, 0.29) is 48.3 Å². The van der Waals surface area contributed by atoms with Crippen LogP contribution in [0, 0.1) is 46.3 Å². The molecule has 50 heavy (non-hydrogen) atoms. The first-order valence-electron chi connectivity index (χ1n) is 21.4. The largest absolute Gasteiger partial charge is 0.462 e. The lowest BCUT2D eigenvalue weighted by atomic mass is 9.47. The SMILES string of the molecule is CC(N)CCCCCCCN(CCC(C)N)C(=O)CCC(=O)OC1CCC2(C)C(=CCC3C2CCC2(C)C(CCCC(C)C(C)C)CCC32)C1. The second-order valence-electron chi connectivity index (χ2n) is 18.8. The van der Waals surface area contributed by atoms with Crippen LogP contribution in [0.4, 0.5) is 0 Å². The summed E-state index contributed by atoms with van der Waals surface area (Å²) in [5, 5.41) is 0. The number of carbonyl (C=O) groups is 2. The molecule has 0 aromatic rings. The number of nitrogens with two attached hydrogens (primary N) is 2. The fourth-order valence-corrected chi connectivity index (χ4v) is 11.0. The molecule has 0 bridgehead atoms. The molecule has 0 radical (unpaired) electrons.